The lowest BCUT2D eigenvalue weighted by molar-refractivity contribution is -0.137. The van der Waals surface area contributed by atoms with Gasteiger partial charge in [-0.25, -0.2) is 4.68 Å². The summed E-state index contributed by atoms with van der Waals surface area (Å²) in [5.74, 6) is -0.958. The lowest BCUT2D eigenvalue weighted by atomic mass is 10.2. The summed E-state index contributed by atoms with van der Waals surface area (Å²) in [6.07, 6.45) is 4.89. The van der Waals surface area contributed by atoms with Crippen LogP contribution >= 0.6 is 0 Å². The minimum absolute atomic E-state index is 0.0860. The van der Waals surface area contributed by atoms with Gasteiger partial charge in [-0.3, -0.25) is 14.6 Å². The van der Waals surface area contributed by atoms with Crippen LogP contribution in [0.2, 0.25) is 0 Å². The van der Waals surface area contributed by atoms with Crippen LogP contribution in [0.15, 0.2) is 36.8 Å². The fourth-order valence-corrected chi connectivity index (χ4v) is 2.21. The number of nitrogens with zero attached hydrogens (tertiary/aromatic N) is 4. The van der Waals surface area contributed by atoms with Crippen molar-refractivity contribution in [3.63, 3.8) is 0 Å². The lowest BCUT2D eigenvalue weighted by Crippen LogP contribution is -2.36. The van der Waals surface area contributed by atoms with Crippen LogP contribution in [0.1, 0.15) is 30.8 Å². The number of carbonyl (C=O) groups is 2. The van der Waals surface area contributed by atoms with Gasteiger partial charge in [0, 0.05) is 31.7 Å². The number of carbonyl (C=O) groups excluding carboxylic acids is 1. The Morgan fingerprint density at radius 3 is 2.74 bits per heavy atom. The molecule has 23 heavy (non-hydrogen) atoms. The van der Waals surface area contributed by atoms with E-state index in [1.807, 2.05) is 13.8 Å². The summed E-state index contributed by atoms with van der Waals surface area (Å²) in [6.45, 7) is 4.61. The van der Waals surface area contributed by atoms with Gasteiger partial charge < -0.3 is 10.0 Å². The summed E-state index contributed by atoms with van der Waals surface area (Å²) in [5.41, 5.74) is 1.01. The molecule has 0 aromatic carbocycles. The van der Waals surface area contributed by atoms with Crippen LogP contribution in [0, 0.1) is 5.92 Å². The number of pyridine rings is 1. The van der Waals surface area contributed by atoms with Crippen LogP contribution in [-0.4, -0.2) is 49.7 Å². The molecular formula is C16H20N4O3. The number of rotatable bonds is 7. The number of amides is 1. The van der Waals surface area contributed by atoms with E-state index in [9.17, 15) is 9.59 Å². The zero-order chi connectivity index (χ0) is 16.8. The van der Waals surface area contributed by atoms with Gasteiger partial charge in [0.05, 0.1) is 12.1 Å². The second-order valence-corrected chi connectivity index (χ2v) is 5.64. The van der Waals surface area contributed by atoms with E-state index in [1.54, 1.807) is 41.5 Å². The molecule has 2 aromatic rings. The second kappa shape index (κ2) is 7.53. The summed E-state index contributed by atoms with van der Waals surface area (Å²) in [7, 11) is 0. The van der Waals surface area contributed by atoms with Crippen molar-refractivity contribution >= 4 is 11.9 Å². The summed E-state index contributed by atoms with van der Waals surface area (Å²) in [5, 5.41) is 13.0. The van der Waals surface area contributed by atoms with Crippen LogP contribution in [0.3, 0.4) is 0 Å². The van der Waals surface area contributed by atoms with E-state index in [1.165, 1.54) is 4.90 Å². The van der Waals surface area contributed by atoms with Gasteiger partial charge in [0.15, 0.2) is 0 Å². The molecule has 2 rings (SSSR count). The van der Waals surface area contributed by atoms with Gasteiger partial charge in [0.25, 0.3) is 5.91 Å². The monoisotopic (exact) mass is 316 g/mol. The summed E-state index contributed by atoms with van der Waals surface area (Å²) in [6, 6.07) is 5.21. The summed E-state index contributed by atoms with van der Waals surface area (Å²) >= 11 is 0. The maximum absolute atomic E-state index is 12.7. The van der Waals surface area contributed by atoms with Gasteiger partial charge in [0.2, 0.25) is 0 Å². The van der Waals surface area contributed by atoms with Gasteiger partial charge >= 0.3 is 5.97 Å². The van der Waals surface area contributed by atoms with E-state index in [4.69, 9.17) is 5.11 Å². The Labute approximate surface area is 134 Å². The molecular weight excluding hydrogens is 296 g/mol. The number of hydrogen-bond donors (Lipinski definition) is 1. The molecule has 2 heterocycles. The fourth-order valence-electron chi connectivity index (χ4n) is 2.21. The Hall–Kier alpha value is -2.70. The van der Waals surface area contributed by atoms with E-state index < -0.39 is 5.97 Å². The molecule has 7 heteroatoms. The molecule has 0 saturated heterocycles. The standard InChI is InChI=1S/C16H20N4O3/c1-12(2)11-19(9-5-15(21)22)16(23)14-10-13(4-7-17-14)20-8-3-6-18-20/h3-4,6-8,10,12H,5,9,11H2,1-2H3,(H,21,22). The van der Waals surface area contributed by atoms with E-state index >= 15 is 0 Å². The predicted molar refractivity (Wildman–Crippen MR) is 84.4 cm³/mol. The normalized spacial score (nSPS) is 10.7. The quantitative estimate of drug-likeness (QED) is 0.842. The molecule has 0 radical (unpaired) electrons. The molecule has 0 saturated carbocycles. The molecule has 0 bridgehead atoms. The summed E-state index contributed by atoms with van der Waals surface area (Å²) in [4.78, 5) is 29.1. The third kappa shape index (κ3) is 4.64. The number of hydrogen-bond acceptors (Lipinski definition) is 4. The highest BCUT2D eigenvalue weighted by Gasteiger charge is 2.19. The minimum atomic E-state index is -0.926. The smallest absolute Gasteiger partial charge is 0.305 e. The number of aliphatic carboxylic acids is 1. The molecule has 1 N–H and O–H groups in total. The van der Waals surface area contributed by atoms with Crippen LogP contribution < -0.4 is 0 Å². The van der Waals surface area contributed by atoms with E-state index in [2.05, 4.69) is 10.1 Å². The van der Waals surface area contributed by atoms with Crippen molar-refractivity contribution in [2.45, 2.75) is 20.3 Å². The number of aromatic nitrogens is 3. The first-order valence-corrected chi connectivity index (χ1v) is 7.44. The van der Waals surface area contributed by atoms with E-state index in [0.29, 0.717) is 6.54 Å². The van der Waals surface area contributed by atoms with Crippen molar-refractivity contribution in [1.82, 2.24) is 19.7 Å². The Morgan fingerprint density at radius 1 is 1.35 bits per heavy atom. The average molecular weight is 316 g/mol. The average Bonchev–Trinajstić information content (AvgIpc) is 3.05. The van der Waals surface area contributed by atoms with Gasteiger partial charge in [-0.05, 0) is 24.1 Å². The van der Waals surface area contributed by atoms with Crippen molar-refractivity contribution < 1.29 is 14.7 Å². The zero-order valence-electron chi connectivity index (χ0n) is 13.2. The third-order valence-corrected chi connectivity index (χ3v) is 3.20. The third-order valence-electron chi connectivity index (χ3n) is 3.20. The maximum atomic E-state index is 12.7. The molecule has 0 fully saturated rings. The zero-order valence-corrected chi connectivity index (χ0v) is 13.2. The molecule has 122 valence electrons. The first-order chi connectivity index (χ1) is 11.0. The Kier molecular flexibility index (Phi) is 5.46. The second-order valence-electron chi connectivity index (χ2n) is 5.64. The molecule has 1 amide bonds. The van der Waals surface area contributed by atoms with Gasteiger partial charge in [-0.15, -0.1) is 0 Å². The van der Waals surface area contributed by atoms with Crippen LogP contribution in [0.4, 0.5) is 0 Å². The highest BCUT2D eigenvalue weighted by molar-refractivity contribution is 5.93. The first-order valence-electron chi connectivity index (χ1n) is 7.44. The Bertz CT molecular complexity index is 668. The van der Waals surface area contributed by atoms with Gasteiger partial charge in [-0.2, -0.15) is 5.10 Å². The largest absolute Gasteiger partial charge is 0.481 e. The van der Waals surface area contributed by atoms with Crippen molar-refractivity contribution in [2.24, 2.45) is 5.92 Å². The minimum Gasteiger partial charge on any atom is -0.481 e. The Balaban J connectivity index is 2.21. The van der Waals surface area contributed by atoms with Crippen molar-refractivity contribution in [3.05, 3.63) is 42.5 Å². The molecule has 0 aliphatic heterocycles. The number of carboxylic acids is 1. The number of carboxylic acid groups (broad SMARTS) is 1. The van der Waals surface area contributed by atoms with Crippen molar-refractivity contribution in [2.75, 3.05) is 13.1 Å². The highest BCUT2D eigenvalue weighted by atomic mass is 16.4. The SMILES string of the molecule is CC(C)CN(CCC(=O)O)C(=O)c1cc(-n2cccn2)ccn1. The van der Waals surface area contributed by atoms with Gasteiger partial charge in [-0.1, -0.05) is 13.8 Å². The fraction of sp³-hybridized carbons (Fsp3) is 0.375. The first kappa shape index (κ1) is 16.7. The van der Waals surface area contributed by atoms with Crippen molar-refractivity contribution in [3.8, 4) is 5.69 Å². The van der Waals surface area contributed by atoms with Gasteiger partial charge in [0.1, 0.15) is 5.69 Å². The van der Waals surface area contributed by atoms with Crippen LogP contribution in [0.5, 0.6) is 0 Å². The topological polar surface area (TPSA) is 88.3 Å². The molecule has 0 unspecified atom stereocenters. The predicted octanol–water partition coefficient (Wildman–Crippen LogP) is 1.84. The molecule has 2 aromatic heterocycles. The lowest BCUT2D eigenvalue weighted by Gasteiger charge is -2.23. The Morgan fingerprint density at radius 2 is 2.13 bits per heavy atom. The molecule has 0 aliphatic rings. The van der Waals surface area contributed by atoms with Crippen LogP contribution in [-0.2, 0) is 4.79 Å². The van der Waals surface area contributed by atoms with Crippen LogP contribution in [0.25, 0.3) is 5.69 Å². The molecule has 0 atom stereocenters. The van der Waals surface area contributed by atoms with E-state index in [0.717, 1.165) is 5.69 Å². The molecule has 7 nitrogen and oxygen atoms in total. The highest BCUT2D eigenvalue weighted by Crippen LogP contribution is 2.11. The molecule has 0 aliphatic carbocycles. The van der Waals surface area contributed by atoms with Crippen molar-refractivity contribution in [1.29, 1.82) is 0 Å². The molecule has 0 spiro atoms. The summed E-state index contributed by atoms with van der Waals surface area (Å²) < 4.78 is 1.64. The van der Waals surface area contributed by atoms with E-state index in [-0.39, 0.29) is 30.5 Å². The maximum Gasteiger partial charge on any atom is 0.305 e.